The summed E-state index contributed by atoms with van der Waals surface area (Å²) in [6, 6.07) is 12.5. The summed E-state index contributed by atoms with van der Waals surface area (Å²) in [6.07, 6.45) is 5.16. The maximum absolute atomic E-state index is 12.9. The van der Waals surface area contributed by atoms with E-state index >= 15 is 0 Å². The molecule has 0 radical (unpaired) electrons. The van der Waals surface area contributed by atoms with Crippen LogP contribution >= 0.6 is 11.3 Å². The third kappa shape index (κ3) is 2.85. The molecule has 1 aliphatic heterocycles. The Hall–Kier alpha value is -2.47. The maximum Gasteiger partial charge on any atom is 0.264 e. The van der Waals surface area contributed by atoms with Crippen molar-refractivity contribution in [3.8, 4) is 11.1 Å². The molecule has 0 atom stereocenters. The topological polar surface area (TPSA) is 51.0 Å². The van der Waals surface area contributed by atoms with E-state index in [1.165, 1.54) is 11.3 Å². The molecular weight excluding hydrogens is 320 g/mol. The molecule has 0 saturated carbocycles. The number of thiophene rings is 1. The summed E-state index contributed by atoms with van der Waals surface area (Å²) in [5, 5.41) is 6.22. The molecule has 122 valence electrons. The summed E-state index contributed by atoms with van der Waals surface area (Å²) in [4.78, 5) is 19.8. The van der Waals surface area contributed by atoms with E-state index in [2.05, 4.69) is 22.2 Å². The monoisotopic (exact) mass is 338 g/mol. The highest BCUT2D eigenvalue weighted by Crippen LogP contribution is 2.31. The van der Waals surface area contributed by atoms with Crippen LogP contribution in [0, 0.1) is 0 Å². The average Bonchev–Trinajstić information content (AvgIpc) is 3.34. The molecule has 1 aromatic carbocycles. The van der Waals surface area contributed by atoms with Gasteiger partial charge in [-0.1, -0.05) is 30.3 Å². The first-order valence-corrected chi connectivity index (χ1v) is 8.97. The van der Waals surface area contributed by atoms with Crippen molar-refractivity contribution >= 4 is 17.2 Å². The predicted molar refractivity (Wildman–Crippen MR) is 94.0 cm³/mol. The normalized spacial score (nSPS) is 15.6. The van der Waals surface area contributed by atoms with Crippen LogP contribution in [0.3, 0.4) is 0 Å². The second-order valence-electron chi connectivity index (χ2n) is 5.93. The first kappa shape index (κ1) is 15.1. The Bertz CT molecular complexity index is 805. The smallest absolute Gasteiger partial charge is 0.264 e. The van der Waals surface area contributed by atoms with Gasteiger partial charge in [0.25, 0.3) is 5.91 Å². The minimum Gasteiger partial charge on any atom is -0.338 e. The molecule has 2 aromatic heterocycles. The van der Waals surface area contributed by atoms with Crippen LogP contribution in [-0.2, 0) is 0 Å². The largest absolute Gasteiger partial charge is 0.338 e. The third-order valence-electron chi connectivity index (χ3n) is 4.51. The summed E-state index contributed by atoms with van der Waals surface area (Å²) in [7, 11) is 0. The number of piperidine rings is 1. The lowest BCUT2D eigenvalue weighted by Crippen LogP contribution is -2.39. The van der Waals surface area contributed by atoms with E-state index < -0.39 is 0 Å². The first-order chi connectivity index (χ1) is 11.8. The molecule has 1 fully saturated rings. The number of hydrogen-bond acceptors (Lipinski definition) is 4. The third-order valence-corrected chi connectivity index (χ3v) is 5.41. The molecule has 1 aliphatic rings. The molecule has 3 aromatic rings. The first-order valence-electron chi connectivity index (χ1n) is 8.09. The van der Waals surface area contributed by atoms with Crippen molar-refractivity contribution in [1.29, 1.82) is 0 Å². The molecule has 5 nitrogen and oxygen atoms in total. The van der Waals surface area contributed by atoms with Gasteiger partial charge in [0.05, 0.1) is 10.9 Å². The molecule has 0 N–H and O–H groups in total. The fraction of sp³-hybridized carbons (Fsp3) is 0.278. The molecule has 1 amide bonds. The van der Waals surface area contributed by atoms with E-state index in [0.29, 0.717) is 6.04 Å². The van der Waals surface area contributed by atoms with Crippen LogP contribution in [0.4, 0.5) is 0 Å². The molecule has 0 bridgehead atoms. The van der Waals surface area contributed by atoms with Crippen molar-refractivity contribution in [2.45, 2.75) is 18.9 Å². The van der Waals surface area contributed by atoms with Crippen LogP contribution in [0.25, 0.3) is 11.1 Å². The van der Waals surface area contributed by atoms with Gasteiger partial charge in [-0.2, -0.15) is 5.10 Å². The van der Waals surface area contributed by atoms with Gasteiger partial charge in [0.2, 0.25) is 0 Å². The lowest BCUT2D eigenvalue weighted by Gasteiger charge is -2.31. The van der Waals surface area contributed by atoms with Crippen molar-refractivity contribution in [3.05, 3.63) is 59.3 Å². The average molecular weight is 338 g/mol. The number of aromatic nitrogens is 3. The molecule has 0 unspecified atom stereocenters. The Morgan fingerprint density at radius 1 is 1.12 bits per heavy atom. The van der Waals surface area contributed by atoms with Crippen molar-refractivity contribution in [2.24, 2.45) is 0 Å². The van der Waals surface area contributed by atoms with Gasteiger partial charge in [0.15, 0.2) is 0 Å². The predicted octanol–water partition coefficient (Wildman–Crippen LogP) is 3.48. The Morgan fingerprint density at radius 3 is 2.62 bits per heavy atom. The molecule has 24 heavy (non-hydrogen) atoms. The van der Waals surface area contributed by atoms with Crippen molar-refractivity contribution in [3.63, 3.8) is 0 Å². The highest BCUT2D eigenvalue weighted by atomic mass is 32.1. The standard InChI is InChI=1S/C18H18N4OS/c23-18(17-16(8-11-24-17)14-4-2-1-3-5-14)21-9-6-15(7-10-21)22-13-19-12-20-22/h1-5,8,11-13,15H,6-7,9-10H2. The second kappa shape index (κ2) is 6.57. The zero-order valence-corrected chi connectivity index (χ0v) is 14.0. The van der Waals surface area contributed by atoms with Crippen LogP contribution in [0.2, 0.25) is 0 Å². The number of amides is 1. The number of nitrogens with zero attached hydrogens (tertiary/aromatic N) is 4. The van der Waals surface area contributed by atoms with E-state index in [1.807, 2.05) is 39.2 Å². The zero-order valence-electron chi connectivity index (χ0n) is 13.2. The number of rotatable bonds is 3. The molecule has 3 heterocycles. The summed E-state index contributed by atoms with van der Waals surface area (Å²) < 4.78 is 1.91. The lowest BCUT2D eigenvalue weighted by atomic mass is 10.0. The molecule has 1 saturated heterocycles. The second-order valence-corrected chi connectivity index (χ2v) is 6.84. The Labute approximate surface area is 144 Å². The number of carbonyl (C=O) groups excluding carboxylic acids is 1. The number of carbonyl (C=O) groups is 1. The molecule has 0 aliphatic carbocycles. The summed E-state index contributed by atoms with van der Waals surface area (Å²) in [5.74, 6) is 0.140. The van der Waals surface area contributed by atoms with Gasteiger partial charge in [-0.15, -0.1) is 11.3 Å². The number of likely N-dealkylation sites (tertiary alicyclic amines) is 1. The Morgan fingerprint density at radius 2 is 1.92 bits per heavy atom. The van der Waals surface area contributed by atoms with E-state index in [-0.39, 0.29) is 5.91 Å². The Kier molecular flexibility index (Phi) is 4.13. The summed E-state index contributed by atoms with van der Waals surface area (Å²) in [6.45, 7) is 1.52. The number of benzene rings is 1. The van der Waals surface area contributed by atoms with Gasteiger partial charge in [-0.25, -0.2) is 9.67 Å². The van der Waals surface area contributed by atoms with E-state index in [4.69, 9.17) is 0 Å². The van der Waals surface area contributed by atoms with Gasteiger partial charge < -0.3 is 4.90 Å². The Balaban J connectivity index is 1.49. The van der Waals surface area contributed by atoms with Crippen LogP contribution in [0.5, 0.6) is 0 Å². The fourth-order valence-electron chi connectivity index (χ4n) is 3.20. The van der Waals surface area contributed by atoms with E-state index in [1.54, 1.807) is 12.7 Å². The van der Waals surface area contributed by atoms with Gasteiger partial charge in [0, 0.05) is 18.7 Å². The van der Waals surface area contributed by atoms with Crippen molar-refractivity contribution in [1.82, 2.24) is 19.7 Å². The van der Waals surface area contributed by atoms with Gasteiger partial charge in [0.1, 0.15) is 12.7 Å². The SMILES string of the molecule is O=C(c1sccc1-c1ccccc1)N1CCC(n2cncn2)CC1. The van der Waals surface area contributed by atoms with Crippen LogP contribution in [-0.4, -0.2) is 38.7 Å². The van der Waals surface area contributed by atoms with Crippen molar-refractivity contribution in [2.75, 3.05) is 13.1 Å². The van der Waals surface area contributed by atoms with Crippen LogP contribution < -0.4 is 0 Å². The summed E-state index contributed by atoms with van der Waals surface area (Å²) in [5.41, 5.74) is 2.13. The maximum atomic E-state index is 12.9. The van der Waals surface area contributed by atoms with Gasteiger partial charge in [-0.05, 0) is 29.9 Å². The highest BCUT2D eigenvalue weighted by Gasteiger charge is 2.27. The fourth-order valence-corrected chi connectivity index (χ4v) is 4.09. The van der Waals surface area contributed by atoms with E-state index in [0.717, 1.165) is 41.9 Å². The molecule has 0 spiro atoms. The minimum absolute atomic E-state index is 0.140. The lowest BCUT2D eigenvalue weighted by molar-refractivity contribution is 0.0695. The van der Waals surface area contributed by atoms with Crippen molar-refractivity contribution < 1.29 is 4.79 Å². The van der Waals surface area contributed by atoms with E-state index in [9.17, 15) is 4.79 Å². The summed E-state index contributed by atoms with van der Waals surface area (Å²) >= 11 is 1.53. The molecule has 4 rings (SSSR count). The van der Waals surface area contributed by atoms with Crippen LogP contribution in [0.15, 0.2) is 54.4 Å². The van der Waals surface area contributed by atoms with Gasteiger partial charge in [-0.3, -0.25) is 4.79 Å². The quantitative estimate of drug-likeness (QED) is 0.734. The zero-order chi connectivity index (χ0) is 16.4. The van der Waals surface area contributed by atoms with Gasteiger partial charge >= 0.3 is 0 Å². The molecule has 6 heteroatoms. The number of hydrogen-bond donors (Lipinski definition) is 0. The van der Waals surface area contributed by atoms with Crippen LogP contribution in [0.1, 0.15) is 28.6 Å². The molecular formula is C18H18N4OS. The highest BCUT2D eigenvalue weighted by molar-refractivity contribution is 7.12. The minimum atomic E-state index is 0.140.